The van der Waals surface area contributed by atoms with Crippen molar-refractivity contribution in [1.29, 1.82) is 0 Å². The molecule has 0 aromatic heterocycles. The van der Waals surface area contributed by atoms with Crippen molar-refractivity contribution in [2.45, 2.75) is 85.7 Å². The zero-order chi connectivity index (χ0) is 19.0. The Morgan fingerprint density at radius 1 is 1.20 bits per heavy atom. The van der Waals surface area contributed by atoms with Crippen molar-refractivity contribution in [2.75, 3.05) is 0 Å². The second kappa shape index (κ2) is 9.98. The Kier molecular flexibility index (Phi) is 8.67. The van der Waals surface area contributed by atoms with Crippen LogP contribution in [0.25, 0.3) is 0 Å². The van der Waals surface area contributed by atoms with Crippen molar-refractivity contribution in [2.24, 2.45) is 23.2 Å². The number of aliphatic carboxylic acids is 1. The highest BCUT2D eigenvalue weighted by atomic mass is 16.5. The van der Waals surface area contributed by atoms with Crippen molar-refractivity contribution in [3.63, 3.8) is 0 Å². The van der Waals surface area contributed by atoms with E-state index >= 15 is 0 Å². The monoisotopic (exact) mass is 352 g/mol. The van der Waals surface area contributed by atoms with Crippen LogP contribution in [0, 0.1) is 23.2 Å². The Hall–Kier alpha value is -1.32. The molecule has 1 aliphatic rings. The van der Waals surface area contributed by atoms with Crippen LogP contribution in [-0.2, 0) is 14.3 Å². The molecule has 0 saturated heterocycles. The lowest BCUT2D eigenvalue weighted by atomic mass is 9.82. The lowest BCUT2D eigenvalue weighted by Gasteiger charge is -2.29. The third-order valence-electron chi connectivity index (χ3n) is 4.84. The minimum absolute atomic E-state index is 0.106. The molecule has 0 heterocycles. The van der Waals surface area contributed by atoms with Gasteiger partial charge in [-0.15, -0.1) is 0 Å². The number of unbranched alkanes of at least 4 members (excludes halogenated alkanes) is 1. The Labute approximate surface area is 153 Å². The maximum Gasteiger partial charge on any atom is 0.310 e. The van der Waals surface area contributed by atoms with E-state index in [0.717, 1.165) is 32.1 Å². The van der Waals surface area contributed by atoms with E-state index in [4.69, 9.17) is 4.74 Å². The fourth-order valence-electron chi connectivity index (χ4n) is 3.83. The molecule has 0 spiro atoms. The molecule has 0 aromatic carbocycles. The van der Waals surface area contributed by atoms with Gasteiger partial charge in [-0.25, -0.2) is 0 Å². The smallest absolute Gasteiger partial charge is 0.310 e. The average molecular weight is 353 g/mol. The van der Waals surface area contributed by atoms with Crippen LogP contribution >= 0.6 is 0 Å². The summed E-state index contributed by atoms with van der Waals surface area (Å²) in [5, 5.41) is 9.36. The summed E-state index contributed by atoms with van der Waals surface area (Å²) in [6, 6.07) is 0. The zero-order valence-electron chi connectivity index (χ0n) is 16.6. The van der Waals surface area contributed by atoms with E-state index in [9.17, 15) is 14.7 Å². The number of rotatable bonds is 9. The van der Waals surface area contributed by atoms with Crippen molar-refractivity contribution in [3.8, 4) is 0 Å². The molecule has 0 aliphatic heterocycles. The van der Waals surface area contributed by atoms with Crippen LogP contribution in [0.4, 0.5) is 0 Å². The molecule has 0 saturated carbocycles. The Morgan fingerprint density at radius 2 is 1.80 bits per heavy atom. The summed E-state index contributed by atoms with van der Waals surface area (Å²) in [6.07, 6.45) is 9.39. The maximum atomic E-state index is 12.6. The van der Waals surface area contributed by atoms with Gasteiger partial charge in [0.15, 0.2) is 0 Å². The minimum Gasteiger partial charge on any atom is -0.481 e. The minimum atomic E-state index is -0.905. The van der Waals surface area contributed by atoms with Crippen LogP contribution in [0.5, 0.6) is 0 Å². The molecule has 1 rings (SSSR count). The summed E-state index contributed by atoms with van der Waals surface area (Å²) in [7, 11) is 0. The van der Waals surface area contributed by atoms with E-state index in [2.05, 4.69) is 34.6 Å². The maximum absolute atomic E-state index is 12.6. The fraction of sp³-hybridized carbons (Fsp3) is 0.810. The predicted octanol–water partition coefficient (Wildman–Crippen LogP) is 5.22. The van der Waals surface area contributed by atoms with Crippen LogP contribution in [0.3, 0.4) is 0 Å². The molecule has 4 atom stereocenters. The molecule has 4 heteroatoms. The van der Waals surface area contributed by atoms with Crippen molar-refractivity contribution in [3.05, 3.63) is 12.2 Å². The van der Waals surface area contributed by atoms with Gasteiger partial charge in [-0.2, -0.15) is 0 Å². The molecule has 4 nitrogen and oxygen atoms in total. The van der Waals surface area contributed by atoms with Crippen LogP contribution in [0.2, 0.25) is 0 Å². The molecule has 0 aromatic rings. The molecule has 0 amide bonds. The van der Waals surface area contributed by atoms with Gasteiger partial charge >= 0.3 is 11.9 Å². The summed E-state index contributed by atoms with van der Waals surface area (Å²) in [5.74, 6) is -1.98. The highest BCUT2D eigenvalue weighted by molar-refractivity contribution is 5.81. The largest absolute Gasteiger partial charge is 0.481 e. The second-order valence-electron chi connectivity index (χ2n) is 8.80. The van der Waals surface area contributed by atoms with Crippen molar-refractivity contribution >= 4 is 11.9 Å². The predicted molar refractivity (Wildman–Crippen MR) is 100 cm³/mol. The number of hydrogen-bond donors (Lipinski definition) is 1. The van der Waals surface area contributed by atoms with Gasteiger partial charge in [-0.3, -0.25) is 9.59 Å². The standard InChI is InChI=1S/C21H36O4/c1-6-7-10-16(13-15(2)14-21(3,4)5)25-20(24)18-12-9-8-11-17(18)19(22)23/h8-9,15-18H,6-7,10-14H2,1-5H3,(H,22,23). The molecule has 0 bridgehead atoms. The van der Waals surface area contributed by atoms with E-state index in [1.807, 2.05) is 12.2 Å². The first-order chi connectivity index (χ1) is 11.6. The quantitative estimate of drug-likeness (QED) is 0.456. The van der Waals surface area contributed by atoms with Gasteiger partial charge in [0.25, 0.3) is 0 Å². The summed E-state index contributed by atoms with van der Waals surface area (Å²) < 4.78 is 5.82. The van der Waals surface area contributed by atoms with E-state index in [1.54, 1.807) is 0 Å². The molecular weight excluding hydrogens is 316 g/mol. The third-order valence-corrected chi connectivity index (χ3v) is 4.84. The Morgan fingerprint density at radius 3 is 2.32 bits per heavy atom. The van der Waals surface area contributed by atoms with Crippen LogP contribution in [0.15, 0.2) is 12.2 Å². The summed E-state index contributed by atoms with van der Waals surface area (Å²) in [5.41, 5.74) is 0.251. The Bertz CT molecular complexity index is 461. The molecule has 25 heavy (non-hydrogen) atoms. The first-order valence-corrected chi connectivity index (χ1v) is 9.72. The van der Waals surface area contributed by atoms with Gasteiger partial charge in [0, 0.05) is 0 Å². The summed E-state index contributed by atoms with van der Waals surface area (Å²) >= 11 is 0. The van der Waals surface area contributed by atoms with E-state index in [1.165, 1.54) is 0 Å². The van der Waals surface area contributed by atoms with Crippen LogP contribution < -0.4 is 0 Å². The molecule has 144 valence electrons. The number of carbonyl (C=O) groups excluding carboxylic acids is 1. The summed E-state index contributed by atoms with van der Waals surface area (Å²) in [4.78, 5) is 24.1. The van der Waals surface area contributed by atoms with Crippen molar-refractivity contribution < 1.29 is 19.4 Å². The molecular formula is C21H36O4. The number of allylic oxidation sites excluding steroid dienone is 2. The SMILES string of the molecule is CCCCC(CC(C)CC(C)(C)C)OC(=O)C1CC=CCC1C(=O)O. The van der Waals surface area contributed by atoms with E-state index < -0.39 is 17.8 Å². The number of carboxylic acid groups (broad SMARTS) is 1. The lowest BCUT2D eigenvalue weighted by Crippen LogP contribution is -2.35. The van der Waals surface area contributed by atoms with Gasteiger partial charge < -0.3 is 9.84 Å². The van der Waals surface area contributed by atoms with Gasteiger partial charge in [-0.05, 0) is 43.4 Å². The fourth-order valence-corrected chi connectivity index (χ4v) is 3.83. The number of carboxylic acids is 1. The van der Waals surface area contributed by atoms with Gasteiger partial charge in [-0.1, -0.05) is 59.6 Å². The number of esters is 1. The lowest BCUT2D eigenvalue weighted by molar-refractivity contribution is -0.163. The Balaban J connectivity index is 2.70. The molecule has 1 N–H and O–H groups in total. The second-order valence-corrected chi connectivity index (χ2v) is 8.80. The number of ether oxygens (including phenoxy) is 1. The van der Waals surface area contributed by atoms with Crippen LogP contribution in [0.1, 0.15) is 79.6 Å². The van der Waals surface area contributed by atoms with E-state index in [0.29, 0.717) is 18.8 Å². The van der Waals surface area contributed by atoms with Gasteiger partial charge in [0.2, 0.25) is 0 Å². The molecule has 0 radical (unpaired) electrons. The normalized spacial score (nSPS) is 23.1. The van der Waals surface area contributed by atoms with Crippen LogP contribution in [-0.4, -0.2) is 23.1 Å². The first-order valence-electron chi connectivity index (χ1n) is 9.72. The third kappa shape index (κ3) is 8.06. The van der Waals surface area contributed by atoms with E-state index in [-0.39, 0.29) is 17.5 Å². The van der Waals surface area contributed by atoms with Gasteiger partial charge in [0.1, 0.15) is 6.10 Å². The van der Waals surface area contributed by atoms with Crippen molar-refractivity contribution in [1.82, 2.24) is 0 Å². The topological polar surface area (TPSA) is 63.6 Å². The molecule has 1 aliphatic carbocycles. The molecule has 4 unspecified atom stereocenters. The first kappa shape index (κ1) is 21.7. The summed E-state index contributed by atoms with van der Waals surface area (Å²) in [6.45, 7) is 11.0. The average Bonchev–Trinajstić information content (AvgIpc) is 2.50. The van der Waals surface area contributed by atoms with Gasteiger partial charge in [0.05, 0.1) is 11.8 Å². The highest BCUT2D eigenvalue weighted by Crippen LogP contribution is 2.31. The highest BCUT2D eigenvalue weighted by Gasteiger charge is 2.36. The number of hydrogen-bond acceptors (Lipinski definition) is 3. The zero-order valence-corrected chi connectivity index (χ0v) is 16.6. The molecule has 0 fully saturated rings. The number of carbonyl (C=O) groups is 2.